The van der Waals surface area contributed by atoms with Gasteiger partial charge in [-0.3, -0.25) is 4.79 Å². The summed E-state index contributed by atoms with van der Waals surface area (Å²) in [5, 5.41) is 0. The average molecular weight is 387 g/mol. The van der Waals surface area contributed by atoms with Gasteiger partial charge in [0.25, 0.3) is 0 Å². The first-order valence-corrected chi connectivity index (χ1v) is 9.43. The molecule has 0 radical (unpaired) electrons. The quantitative estimate of drug-likeness (QED) is 0.750. The van der Waals surface area contributed by atoms with Crippen LogP contribution < -0.4 is 15.2 Å². The topological polar surface area (TPSA) is 97.1 Å². The molecule has 0 amide bonds. The van der Waals surface area contributed by atoms with E-state index < -0.39 is 11.9 Å². The number of carbonyl (C=O) groups excluding carboxylic acids is 2. The number of carbonyl (C=O) groups is 2. The number of hydrogen-bond acceptors (Lipinski definition) is 7. The molecule has 1 aromatic carbocycles. The van der Waals surface area contributed by atoms with Gasteiger partial charge in [-0.25, -0.2) is 4.79 Å². The van der Waals surface area contributed by atoms with E-state index in [1.165, 1.54) is 0 Å². The molecular weight excluding hydrogens is 362 g/mol. The van der Waals surface area contributed by atoms with Crippen molar-refractivity contribution in [1.82, 2.24) is 0 Å². The van der Waals surface area contributed by atoms with Gasteiger partial charge in [-0.2, -0.15) is 0 Å². The van der Waals surface area contributed by atoms with Gasteiger partial charge in [-0.1, -0.05) is 6.07 Å². The maximum atomic E-state index is 12.8. The van der Waals surface area contributed by atoms with E-state index in [9.17, 15) is 9.59 Å². The van der Waals surface area contributed by atoms with Crippen molar-refractivity contribution in [2.24, 2.45) is 5.73 Å². The monoisotopic (exact) mass is 387 g/mol. The lowest BCUT2D eigenvalue weighted by atomic mass is 9.77. The minimum Gasteiger partial charge on any atom is -0.493 e. The van der Waals surface area contributed by atoms with Crippen LogP contribution in [0.15, 0.2) is 41.0 Å². The molecule has 3 rings (SSSR count). The number of methoxy groups -OCH3 is 1. The zero-order valence-electron chi connectivity index (χ0n) is 16.4. The molecule has 150 valence electrons. The fourth-order valence-corrected chi connectivity index (χ4v) is 3.64. The number of Topliss-reactive ketones (excluding diaryl/α,β-unsaturated/α-hetero) is 1. The first kappa shape index (κ1) is 19.8. The van der Waals surface area contributed by atoms with Crippen LogP contribution in [0.25, 0.3) is 0 Å². The number of ether oxygens (including phenoxy) is 4. The van der Waals surface area contributed by atoms with Crippen molar-refractivity contribution in [3.05, 3.63) is 46.6 Å². The molecule has 7 heteroatoms. The molecule has 1 heterocycles. The van der Waals surface area contributed by atoms with Gasteiger partial charge >= 0.3 is 5.97 Å². The van der Waals surface area contributed by atoms with Crippen molar-refractivity contribution in [1.29, 1.82) is 0 Å². The van der Waals surface area contributed by atoms with Gasteiger partial charge < -0.3 is 24.7 Å². The SMILES string of the molecule is CCOC(=O)C1=C(N)OC2=C(C(=O)CCC2)[C@H]1c1ccc(OCC)c(OC)c1. The number of rotatable bonds is 6. The molecule has 1 aromatic rings. The van der Waals surface area contributed by atoms with Gasteiger partial charge in [-0.05, 0) is 38.0 Å². The molecule has 0 fully saturated rings. The largest absolute Gasteiger partial charge is 0.493 e. The Morgan fingerprint density at radius 2 is 2.00 bits per heavy atom. The van der Waals surface area contributed by atoms with Gasteiger partial charge in [-0.15, -0.1) is 0 Å². The van der Waals surface area contributed by atoms with E-state index in [1.54, 1.807) is 26.2 Å². The van der Waals surface area contributed by atoms with Crippen molar-refractivity contribution < 1.29 is 28.5 Å². The fraction of sp³-hybridized carbons (Fsp3) is 0.429. The van der Waals surface area contributed by atoms with Crippen LogP contribution in [-0.4, -0.2) is 32.1 Å². The van der Waals surface area contributed by atoms with Crippen LogP contribution in [0, 0.1) is 0 Å². The Hall–Kier alpha value is -2.96. The van der Waals surface area contributed by atoms with E-state index in [-0.39, 0.29) is 23.8 Å². The summed E-state index contributed by atoms with van der Waals surface area (Å²) < 4.78 is 21.9. The maximum Gasteiger partial charge on any atom is 0.340 e. The second-order valence-electron chi connectivity index (χ2n) is 6.49. The number of allylic oxidation sites excluding steroid dienone is 2. The number of benzene rings is 1. The molecule has 2 N–H and O–H groups in total. The Labute approximate surface area is 164 Å². The Bertz CT molecular complexity index is 854. The Kier molecular flexibility index (Phi) is 5.92. The molecule has 0 bridgehead atoms. The molecular formula is C21H25NO6. The predicted molar refractivity (Wildman–Crippen MR) is 102 cm³/mol. The predicted octanol–water partition coefficient (Wildman–Crippen LogP) is 2.95. The van der Waals surface area contributed by atoms with E-state index in [1.807, 2.05) is 13.0 Å². The van der Waals surface area contributed by atoms with Crippen LogP contribution in [0.4, 0.5) is 0 Å². The van der Waals surface area contributed by atoms with E-state index in [0.29, 0.717) is 54.3 Å². The van der Waals surface area contributed by atoms with Crippen LogP contribution >= 0.6 is 0 Å². The third-order valence-electron chi connectivity index (χ3n) is 4.80. The molecule has 0 saturated heterocycles. The van der Waals surface area contributed by atoms with Gasteiger partial charge in [0.05, 0.1) is 26.2 Å². The first-order valence-electron chi connectivity index (χ1n) is 9.43. The number of ketones is 1. The minimum atomic E-state index is -0.667. The summed E-state index contributed by atoms with van der Waals surface area (Å²) in [5.74, 6) is 0.290. The summed E-state index contributed by atoms with van der Waals surface area (Å²) in [5.41, 5.74) is 7.39. The van der Waals surface area contributed by atoms with Crippen LogP contribution in [0.3, 0.4) is 0 Å². The lowest BCUT2D eigenvalue weighted by Gasteiger charge is -2.32. The maximum absolute atomic E-state index is 12.8. The van der Waals surface area contributed by atoms with Crippen molar-refractivity contribution in [2.45, 2.75) is 39.0 Å². The molecule has 7 nitrogen and oxygen atoms in total. The fourth-order valence-electron chi connectivity index (χ4n) is 3.64. The van der Waals surface area contributed by atoms with Crippen molar-refractivity contribution in [3.8, 4) is 11.5 Å². The second-order valence-corrected chi connectivity index (χ2v) is 6.49. The number of nitrogens with two attached hydrogens (primary N) is 1. The zero-order chi connectivity index (χ0) is 20.3. The molecule has 0 spiro atoms. The summed E-state index contributed by atoms with van der Waals surface area (Å²) in [4.78, 5) is 25.4. The van der Waals surface area contributed by atoms with Crippen LogP contribution in [0.5, 0.6) is 11.5 Å². The molecule has 2 aliphatic rings. The van der Waals surface area contributed by atoms with E-state index in [4.69, 9.17) is 24.7 Å². The first-order chi connectivity index (χ1) is 13.5. The minimum absolute atomic E-state index is 0.0234. The molecule has 1 aliphatic carbocycles. The van der Waals surface area contributed by atoms with E-state index in [2.05, 4.69) is 0 Å². The summed E-state index contributed by atoms with van der Waals surface area (Å²) in [6.07, 6.45) is 1.70. The van der Waals surface area contributed by atoms with Gasteiger partial charge in [0, 0.05) is 18.4 Å². The zero-order valence-corrected chi connectivity index (χ0v) is 16.4. The average Bonchev–Trinajstić information content (AvgIpc) is 2.67. The third-order valence-corrected chi connectivity index (χ3v) is 4.80. The highest BCUT2D eigenvalue weighted by Gasteiger charge is 2.41. The molecule has 28 heavy (non-hydrogen) atoms. The summed E-state index contributed by atoms with van der Waals surface area (Å²) in [7, 11) is 1.54. The molecule has 1 aliphatic heterocycles. The summed E-state index contributed by atoms with van der Waals surface area (Å²) >= 11 is 0. The van der Waals surface area contributed by atoms with Crippen molar-refractivity contribution >= 4 is 11.8 Å². The van der Waals surface area contributed by atoms with Gasteiger partial charge in [0.15, 0.2) is 17.3 Å². The number of hydrogen-bond donors (Lipinski definition) is 1. The highest BCUT2D eigenvalue weighted by atomic mass is 16.5. The van der Waals surface area contributed by atoms with Crippen molar-refractivity contribution in [2.75, 3.05) is 20.3 Å². The Balaban J connectivity index is 2.16. The second kappa shape index (κ2) is 8.37. The Morgan fingerprint density at radius 3 is 2.68 bits per heavy atom. The molecule has 0 saturated carbocycles. The smallest absolute Gasteiger partial charge is 0.340 e. The van der Waals surface area contributed by atoms with Crippen molar-refractivity contribution in [3.63, 3.8) is 0 Å². The highest BCUT2D eigenvalue weighted by Crippen LogP contribution is 2.45. The normalized spacial score (nSPS) is 19.1. The van der Waals surface area contributed by atoms with E-state index in [0.717, 1.165) is 0 Å². The highest BCUT2D eigenvalue weighted by molar-refractivity contribution is 6.03. The van der Waals surface area contributed by atoms with Gasteiger partial charge in [0.1, 0.15) is 11.3 Å². The lowest BCUT2D eigenvalue weighted by molar-refractivity contribution is -0.139. The molecule has 1 atom stereocenters. The molecule has 0 unspecified atom stereocenters. The third kappa shape index (κ3) is 3.56. The van der Waals surface area contributed by atoms with Crippen LogP contribution in [0.2, 0.25) is 0 Å². The standard InChI is InChI=1S/C21H25NO6/c1-4-26-14-10-9-12(11-16(14)25-3)17-18-13(23)7-6-8-15(18)28-20(22)19(17)21(24)27-5-2/h9-11,17H,4-8,22H2,1-3H3/t17-/m1/s1. The van der Waals surface area contributed by atoms with Gasteiger partial charge in [0.2, 0.25) is 5.88 Å². The molecule has 0 aromatic heterocycles. The Morgan fingerprint density at radius 1 is 1.21 bits per heavy atom. The number of esters is 1. The lowest BCUT2D eigenvalue weighted by Crippen LogP contribution is -2.31. The summed E-state index contributed by atoms with van der Waals surface area (Å²) in [6, 6.07) is 5.34. The van der Waals surface area contributed by atoms with Crippen LogP contribution in [-0.2, 0) is 19.1 Å². The van der Waals surface area contributed by atoms with Crippen LogP contribution in [0.1, 0.15) is 44.6 Å². The summed E-state index contributed by atoms with van der Waals surface area (Å²) in [6.45, 7) is 4.27. The van der Waals surface area contributed by atoms with E-state index >= 15 is 0 Å².